The van der Waals surface area contributed by atoms with Gasteiger partial charge in [0.25, 0.3) is 0 Å². The van der Waals surface area contributed by atoms with E-state index >= 15 is 0 Å². The minimum absolute atomic E-state index is 0.117. The van der Waals surface area contributed by atoms with Gasteiger partial charge in [0.1, 0.15) is 11.6 Å². The van der Waals surface area contributed by atoms with E-state index in [4.69, 9.17) is 14.1 Å². The molecule has 1 aromatic carbocycles. The number of methoxy groups -OCH3 is 1. The first-order valence-electron chi connectivity index (χ1n) is 9.44. The van der Waals surface area contributed by atoms with Crippen LogP contribution < -0.4 is 20.8 Å². The normalized spacial score (nSPS) is 20.7. The van der Waals surface area contributed by atoms with Crippen LogP contribution >= 0.6 is 0 Å². The number of nitrogens with one attached hydrogen (secondary N) is 2. The third-order valence-electron chi connectivity index (χ3n) is 5.16. The molecule has 2 aliphatic heterocycles. The lowest BCUT2D eigenvalue weighted by Gasteiger charge is -2.28. The van der Waals surface area contributed by atoms with Crippen molar-refractivity contribution >= 4 is 30.0 Å². The first-order valence-corrected chi connectivity index (χ1v) is 9.44. The van der Waals surface area contributed by atoms with Crippen molar-refractivity contribution < 1.29 is 19.2 Å². The fourth-order valence-corrected chi connectivity index (χ4v) is 3.56. The Balaban J connectivity index is 1.56. The lowest BCUT2D eigenvalue weighted by atomic mass is 9.78. The van der Waals surface area contributed by atoms with Crippen molar-refractivity contribution in [1.82, 2.24) is 9.97 Å². The lowest BCUT2D eigenvalue weighted by Crippen LogP contribution is -2.38. The van der Waals surface area contributed by atoms with Crippen molar-refractivity contribution in [2.45, 2.75) is 26.0 Å². The fourth-order valence-electron chi connectivity index (χ4n) is 3.56. The third kappa shape index (κ3) is 3.98. The average Bonchev–Trinajstić information content (AvgIpc) is 3.11. The molecule has 2 aliphatic rings. The maximum atomic E-state index is 9.95. The monoisotopic (exact) mass is 395 g/mol. The molecule has 0 saturated carbocycles. The molecule has 29 heavy (non-hydrogen) atoms. The zero-order valence-electron chi connectivity index (χ0n) is 16.3. The van der Waals surface area contributed by atoms with Crippen LogP contribution in [0.15, 0.2) is 18.3 Å². The van der Waals surface area contributed by atoms with Crippen LogP contribution in [0.1, 0.15) is 17.5 Å². The molecule has 1 fully saturated rings. The summed E-state index contributed by atoms with van der Waals surface area (Å²) in [5, 5.41) is 25.8. The van der Waals surface area contributed by atoms with Gasteiger partial charge in [0.05, 0.1) is 38.4 Å². The summed E-state index contributed by atoms with van der Waals surface area (Å²) in [6.45, 7) is 3.29. The number of hydrogen-bond acceptors (Lipinski definition) is 9. The van der Waals surface area contributed by atoms with E-state index in [1.165, 1.54) is 0 Å². The average molecular weight is 395 g/mol. The van der Waals surface area contributed by atoms with Gasteiger partial charge in [-0.1, -0.05) is 0 Å². The van der Waals surface area contributed by atoms with Crippen LogP contribution in [0.5, 0.6) is 5.75 Å². The molecule has 0 bridgehead atoms. The van der Waals surface area contributed by atoms with Crippen molar-refractivity contribution in [3.05, 3.63) is 29.5 Å². The Kier molecular flexibility index (Phi) is 5.53. The molecule has 3 heterocycles. The molecule has 4 rings (SSSR count). The predicted octanol–water partition coefficient (Wildman–Crippen LogP) is 1.10. The first-order chi connectivity index (χ1) is 14.1. The molecule has 0 aliphatic carbocycles. The van der Waals surface area contributed by atoms with E-state index in [1.807, 2.05) is 13.0 Å². The summed E-state index contributed by atoms with van der Waals surface area (Å²) in [6, 6.07) is 5.88. The highest BCUT2D eigenvalue weighted by atomic mass is 16.5. The summed E-state index contributed by atoms with van der Waals surface area (Å²) in [4.78, 5) is 8.93. The molecule has 10 heteroatoms. The van der Waals surface area contributed by atoms with Gasteiger partial charge in [0.2, 0.25) is 5.95 Å². The van der Waals surface area contributed by atoms with Crippen molar-refractivity contribution in [2.24, 2.45) is 5.92 Å². The molecule has 0 spiro atoms. The van der Waals surface area contributed by atoms with Crippen LogP contribution in [0.3, 0.4) is 0 Å². The Morgan fingerprint density at radius 2 is 2.28 bits per heavy atom. The molecule has 3 N–H and O–H groups in total. The Bertz CT molecular complexity index is 951. The van der Waals surface area contributed by atoms with Gasteiger partial charge in [0, 0.05) is 35.6 Å². The van der Waals surface area contributed by atoms with Gasteiger partial charge >= 0.3 is 7.12 Å². The zero-order valence-corrected chi connectivity index (χ0v) is 16.3. The molecular weight excluding hydrogens is 373 g/mol. The van der Waals surface area contributed by atoms with E-state index in [9.17, 15) is 10.3 Å². The second-order valence-corrected chi connectivity index (χ2v) is 7.11. The van der Waals surface area contributed by atoms with Crippen LogP contribution in [0, 0.1) is 24.2 Å². The van der Waals surface area contributed by atoms with Crippen LogP contribution in [0.2, 0.25) is 0 Å². The van der Waals surface area contributed by atoms with Gasteiger partial charge in [-0.15, -0.1) is 0 Å². The van der Waals surface area contributed by atoms with Gasteiger partial charge in [-0.05, 0) is 25.0 Å². The van der Waals surface area contributed by atoms with E-state index < -0.39 is 7.12 Å². The molecule has 1 saturated heterocycles. The Morgan fingerprint density at radius 3 is 3.07 bits per heavy atom. The summed E-state index contributed by atoms with van der Waals surface area (Å²) in [5.74, 6) is 1.48. The Labute approximate surface area is 169 Å². The SMILES string of the molecule is COc1cc(Nc2ncc(C)c(NC3COCCC3C#N)n2)cc2c1B(O)OC2. The molecule has 0 amide bonds. The second-order valence-electron chi connectivity index (χ2n) is 7.11. The van der Waals surface area contributed by atoms with E-state index in [1.54, 1.807) is 19.4 Å². The topological polar surface area (TPSA) is 122 Å². The number of hydrogen-bond donors (Lipinski definition) is 3. The van der Waals surface area contributed by atoms with E-state index in [-0.39, 0.29) is 12.0 Å². The number of benzene rings is 1. The number of fused-ring (bicyclic) bond motifs is 1. The lowest BCUT2D eigenvalue weighted by molar-refractivity contribution is 0.0698. The summed E-state index contributed by atoms with van der Waals surface area (Å²) >= 11 is 0. The van der Waals surface area contributed by atoms with E-state index in [2.05, 4.69) is 26.7 Å². The van der Waals surface area contributed by atoms with Crippen molar-refractivity contribution in [1.29, 1.82) is 5.26 Å². The number of rotatable bonds is 5. The molecule has 9 nitrogen and oxygen atoms in total. The highest BCUT2D eigenvalue weighted by Gasteiger charge is 2.32. The molecular formula is C19H22BN5O4. The summed E-state index contributed by atoms with van der Waals surface area (Å²) < 4.78 is 16.2. The molecule has 2 unspecified atom stereocenters. The van der Waals surface area contributed by atoms with Gasteiger partial charge in [-0.2, -0.15) is 10.2 Å². The fraction of sp³-hybridized carbons (Fsp3) is 0.421. The number of ether oxygens (including phenoxy) is 2. The minimum atomic E-state index is -0.980. The molecule has 2 atom stereocenters. The Morgan fingerprint density at radius 1 is 1.41 bits per heavy atom. The maximum Gasteiger partial charge on any atom is 0.495 e. The highest BCUT2D eigenvalue weighted by Crippen LogP contribution is 2.27. The largest absolute Gasteiger partial charge is 0.497 e. The number of nitrogens with zero attached hydrogens (tertiary/aromatic N) is 3. The number of nitriles is 1. The zero-order chi connectivity index (χ0) is 20.4. The van der Waals surface area contributed by atoms with Gasteiger partial charge in [-0.25, -0.2) is 4.98 Å². The Hall–Kier alpha value is -2.87. The standard InChI is InChI=1S/C19H22BN5O4/c1-11-8-22-19(25-18(11)24-15-10-28-4-3-12(15)7-21)23-14-5-13-9-29-20(26)17(13)16(6-14)27-2/h5-6,8,12,15,26H,3-4,9-10H2,1-2H3,(H2,22,23,24,25). The number of anilines is 3. The van der Waals surface area contributed by atoms with E-state index in [0.29, 0.717) is 49.2 Å². The summed E-state index contributed by atoms with van der Waals surface area (Å²) in [7, 11) is 0.568. The van der Waals surface area contributed by atoms with Crippen LogP contribution in [0.25, 0.3) is 0 Å². The minimum Gasteiger partial charge on any atom is -0.497 e. The molecule has 1 aromatic heterocycles. The van der Waals surface area contributed by atoms with Crippen molar-refractivity contribution in [3.8, 4) is 11.8 Å². The predicted molar refractivity (Wildman–Crippen MR) is 107 cm³/mol. The summed E-state index contributed by atoms with van der Waals surface area (Å²) in [5.41, 5.74) is 3.09. The third-order valence-corrected chi connectivity index (χ3v) is 5.16. The van der Waals surface area contributed by atoms with Crippen LogP contribution in [0.4, 0.5) is 17.5 Å². The number of aromatic nitrogens is 2. The van der Waals surface area contributed by atoms with Crippen LogP contribution in [-0.2, 0) is 16.0 Å². The van der Waals surface area contributed by atoms with Gasteiger partial charge < -0.3 is 29.8 Å². The summed E-state index contributed by atoms with van der Waals surface area (Å²) in [6.07, 6.45) is 2.42. The molecule has 0 radical (unpaired) electrons. The maximum absolute atomic E-state index is 9.95. The highest BCUT2D eigenvalue weighted by molar-refractivity contribution is 6.62. The quantitative estimate of drug-likeness (QED) is 0.639. The molecule has 150 valence electrons. The van der Waals surface area contributed by atoms with Crippen LogP contribution in [-0.4, -0.2) is 48.5 Å². The van der Waals surface area contributed by atoms with Crippen molar-refractivity contribution in [2.75, 3.05) is 31.0 Å². The smallest absolute Gasteiger partial charge is 0.495 e. The molecule has 2 aromatic rings. The first kappa shape index (κ1) is 19.5. The van der Waals surface area contributed by atoms with E-state index in [0.717, 1.165) is 16.8 Å². The second kappa shape index (κ2) is 8.25. The van der Waals surface area contributed by atoms with Gasteiger partial charge in [0.15, 0.2) is 0 Å². The van der Waals surface area contributed by atoms with Gasteiger partial charge in [-0.3, -0.25) is 0 Å². The van der Waals surface area contributed by atoms with Crippen molar-refractivity contribution in [3.63, 3.8) is 0 Å². The number of aryl methyl sites for hydroxylation is 1.